The van der Waals surface area contributed by atoms with Crippen molar-refractivity contribution in [2.75, 3.05) is 6.54 Å². The zero-order chi connectivity index (χ0) is 15.5. The number of hydrogen-bond donors (Lipinski definition) is 1. The minimum absolute atomic E-state index is 0.155. The van der Waals surface area contributed by atoms with Gasteiger partial charge in [0.1, 0.15) is 0 Å². The third-order valence-electron chi connectivity index (χ3n) is 2.95. The van der Waals surface area contributed by atoms with Crippen LogP contribution in [0.2, 0.25) is 0 Å². The fourth-order valence-electron chi connectivity index (χ4n) is 2.01. The summed E-state index contributed by atoms with van der Waals surface area (Å²) < 4.78 is 26.9. The maximum atomic E-state index is 12.6. The molecular formula is C13H18BrNO4S. The van der Waals surface area contributed by atoms with Crippen LogP contribution in [0, 0.1) is 6.92 Å². The molecule has 0 fully saturated rings. The first-order valence-corrected chi connectivity index (χ1v) is 8.43. The number of rotatable bonds is 6. The van der Waals surface area contributed by atoms with Gasteiger partial charge in [-0.2, -0.15) is 4.31 Å². The van der Waals surface area contributed by atoms with E-state index in [-0.39, 0.29) is 17.9 Å². The summed E-state index contributed by atoms with van der Waals surface area (Å²) in [5.74, 6) is -1.02. The largest absolute Gasteiger partial charge is 0.481 e. The molecule has 0 aromatic heterocycles. The molecule has 1 aromatic rings. The van der Waals surface area contributed by atoms with Crippen molar-refractivity contribution >= 4 is 31.9 Å². The molecule has 0 radical (unpaired) electrons. The van der Waals surface area contributed by atoms with E-state index in [2.05, 4.69) is 15.9 Å². The van der Waals surface area contributed by atoms with Crippen molar-refractivity contribution in [1.29, 1.82) is 0 Å². The third kappa shape index (κ3) is 3.80. The van der Waals surface area contributed by atoms with Gasteiger partial charge in [0.2, 0.25) is 10.0 Å². The SMILES string of the molecule is CCN(C(C)CC(=O)O)S(=O)(=O)c1ccc(C)cc1Br. The molecule has 0 bridgehead atoms. The van der Waals surface area contributed by atoms with Crippen LogP contribution in [0.4, 0.5) is 0 Å². The van der Waals surface area contributed by atoms with Crippen molar-refractivity contribution in [1.82, 2.24) is 4.31 Å². The van der Waals surface area contributed by atoms with Gasteiger partial charge < -0.3 is 5.11 Å². The van der Waals surface area contributed by atoms with Crippen molar-refractivity contribution in [2.45, 2.75) is 38.1 Å². The average Bonchev–Trinajstić information content (AvgIpc) is 2.27. The first-order chi connectivity index (χ1) is 9.20. The van der Waals surface area contributed by atoms with E-state index in [9.17, 15) is 13.2 Å². The van der Waals surface area contributed by atoms with Crippen LogP contribution < -0.4 is 0 Å². The minimum Gasteiger partial charge on any atom is -0.481 e. The fourth-order valence-corrected chi connectivity index (χ4v) is 4.81. The molecule has 5 nitrogen and oxygen atoms in total. The van der Waals surface area contributed by atoms with Crippen LogP contribution in [0.25, 0.3) is 0 Å². The predicted octanol–water partition coefficient (Wildman–Crippen LogP) is 2.63. The summed E-state index contributed by atoms with van der Waals surface area (Å²) in [6, 6.07) is 4.37. The summed E-state index contributed by atoms with van der Waals surface area (Å²) in [6.45, 7) is 5.37. The van der Waals surface area contributed by atoms with Gasteiger partial charge in [-0.1, -0.05) is 13.0 Å². The van der Waals surface area contributed by atoms with Gasteiger partial charge in [0.25, 0.3) is 0 Å². The Morgan fingerprint density at radius 1 is 1.45 bits per heavy atom. The number of nitrogens with zero attached hydrogens (tertiary/aromatic N) is 1. The number of benzene rings is 1. The molecule has 0 aliphatic rings. The molecule has 1 rings (SSSR count). The molecule has 20 heavy (non-hydrogen) atoms. The lowest BCUT2D eigenvalue weighted by Gasteiger charge is -2.26. The maximum absolute atomic E-state index is 12.6. The molecule has 0 spiro atoms. The van der Waals surface area contributed by atoms with Crippen molar-refractivity contribution in [3.63, 3.8) is 0 Å². The van der Waals surface area contributed by atoms with E-state index in [0.29, 0.717) is 4.47 Å². The Balaban J connectivity index is 3.21. The maximum Gasteiger partial charge on any atom is 0.304 e. The van der Waals surface area contributed by atoms with Gasteiger partial charge in [0, 0.05) is 17.1 Å². The summed E-state index contributed by atoms with van der Waals surface area (Å²) in [6.07, 6.45) is -0.226. The number of carboxylic acids is 1. The Kier molecular flexibility index (Phi) is 5.73. The number of halogens is 1. The van der Waals surface area contributed by atoms with Crippen molar-refractivity contribution in [2.24, 2.45) is 0 Å². The molecule has 0 saturated carbocycles. The highest BCUT2D eigenvalue weighted by molar-refractivity contribution is 9.10. The van der Waals surface area contributed by atoms with Crippen molar-refractivity contribution in [3.05, 3.63) is 28.2 Å². The van der Waals surface area contributed by atoms with E-state index in [0.717, 1.165) is 5.56 Å². The van der Waals surface area contributed by atoms with Crippen LogP contribution in [-0.4, -0.2) is 36.4 Å². The van der Waals surface area contributed by atoms with E-state index in [1.54, 1.807) is 26.0 Å². The molecule has 1 aromatic carbocycles. The van der Waals surface area contributed by atoms with Gasteiger partial charge in [-0.05, 0) is 47.5 Å². The third-order valence-corrected chi connectivity index (χ3v) is 6.01. The molecule has 1 N–H and O–H groups in total. The second-order valence-electron chi connectivity index (χ2n) is 4.59. The molecule has 0 aliphatic carbocycles. The second-order valence-corrected chi connectivity index (χ2v) is 7.30. The number of carboxylic acid groups (broad SMARTS) is 1. The van der Waals surface area contributed by atoms with E-state index < -0.39 is 22.0 Å². The monoisotopic (exact) mass is 363 g/mol. The van der Waals surface area contributed by atoms with Crippen LogP contribution in [0.3, 0.4) is 0 Å². The smallest absolute Gasteiger partial charge is 0.304 e. The molecule has 0 amide bonds. The van der Waals surface area contributed by atoms with Crippen LogP contribution in [0.5, 0.6) is 0 Å². The quantitative estimate of drug-likeness (QED) is 0.842. The Hall–Kier alpha value is -0.920. The van der Waals surface area contributed by atoms with E-state index in [1.807, 2.05) is 6.92 Å². The zero-order valence-electron chi connectivity index (χ0n) is 11.6. The molecule has 1 unspecified atom stereocenters. The summed E-state index contributed by atoms with van der Waals surface area (Å²) in [4.78, 5) is 10.9. The van der Waals surface area contributed by atoms with Crippen LogP contribution in [0.1, 0.15) is 25.8 Å². The number of sulfonamides is 1. The molecule has 0 saturated heterocycles. The highest BCUT2D eigenvalue weighted by Gasteiger charge is 2.30. The Labute approximate surface area is 127 Å². The lowest BCUT2D eigenvalue weighted by Crippen LogP contribution is -2.39. The molecule has 0 heterocycles. The van der Waals surface area contributed by atoms with Gasteiger partial charge in [-0.3, -0.25) is 4.79 Å². The summed E-state index contributed by atoms with van der Waals surface area (Å²) >= 11 is 3.26. The summed E-state index contributed by atoms with van der Waals surface area (Å²) in [5.41, 5.74) is 0.942. The first-order valence-electron chi connectivity index (χ1n) is 6.20. The average molecular weight is 364 g/mol. The predicted molar refractivity (Wildman–Crippen MR) is 80.2 cm³/mol. The number of aryl methyl sites for hydroxylation is 1. The topological polar surface area (TPSA) is 74.7 Å². The molecule has 0 aliphatic heterocycles. The molecule has 1 atom stereocenters. The normalized spacial score (nSPS) is 13.4. The van der Waals surface area contributed by atoms with Gasteiger partial charge >= 0.3 is 5.97 Å². The highest BCUT2D eigenvalue weighted by atomic mass is 79.9. The van der Waals surface area contributed by atoms with Crippen LogP contribution in [0.15, 0.2) is 27.6 Å². The Morgan fingerprint density at radius 2 is 2.05 bits per heavy atom. The van der Waals surface area contributed by atoms with Crippen molar-refractivity contribution in [3.8, 4) is 0 Å². The number of aliphatic carboxylic acids is 1. The van der Waals surface area contributed by atoms with Gasteiger partial charge in [-0.15, -0.1) is 0 Å². The molecule has 7 heteroatoms. The second kappa shape index (κ2) is 6.69. The summed E-state index contributed by atoms with van der Waals surface area (Å²) in [7, 11) is -3.72. The lowest BCUT2D eigenvalue weighted by atomic mass is 10.2. The Morgan fingerprint density at radius 3 is 2.50 bits per heavy atom. The minimum atomic E-state index is -3.72. The standard InChI is InChI=1S/C13H18BrNO4S/c1-4-15(10(3)8-13(16)17)20(18,19)12-6-5-9(2)7-11(12)14/h5-7,10H,4,8H2,1-3H3,(H,16,17). The summed E-state index contributed by atoms with van der Waals surface area (Å²) in [5, 5.41) is 8.82. The Bertz CT molecular complexity index is 600. The zero-order valence-corrected chi connectivity index (χ0v) is 14.0. The highest BCUT2D eigenvalue weighted by Crippen LogP contribution is 2.27. The fraction of sp³-hybridized carbons (Fsp3) is 0.462. The van der Waals surface area contributed by atoms with Gasteiger partial charge in [-0.25, -0.2) is 8.42 Å². The van der Waals surface area contributed by atoms with Crippen LogP contribution >= 0.6 is 15.9 Å². The van der Waals surface area contributed by atoms with E-state index >= 15 is 0 Å². The number of hydrogen-bond acceptors (Lipinski definition) is 3. The van der Waals surface area contributed by atoms with E-state index in [1.165, 1.54) is 10.4 Å². The van der Waals surface area contributed by atoms with Crippen LogP contribution in [-0.2, 0) is 14.8 Å². The first kappa shape index (κ1) is 17.1. The molecular weight excluding hydrogens is 346 g/mol. The number of carbonyl (C=O) groups is 1. The van der Waals surface area contributed by atoms with Crippen molar-refractivity contribution < 1.29 is 18.3 Å². The lowest BCUT2D eigenvalue weighted by molar-refractivity contribution is -0.137. The molecule has 112 valence electrons. The van der Waals surface area contributed by atoms with E-state index in [4.69, 9.17) is 5.11 Å². The van der Waals surface area contributed by atoms with Gasteiger partial charge in [0.05, 0.1) is 11.3 Å². The van der Waals surface area contributed by atoms with Gasteiger partial charge in [0.15, 0.2) is 0 Å².